The van der Waals surface area contributed by atoms with E-state index in [-0.39, 0.29) is 30.2 Å². The van der Waals surface area contributed by atoms with Gasteiger partial charge in [0.2, 0.25) is 0 Å². The number of hydrogen-bond donors (Lipinski definition) is 0. The molecule has 3 aromatic carbocycles. The van der Waals surface area contributed by atoms with Crippen molar-refractivity contribution in [3.8, 4) is 11.1 Å². The van der Waals surface area contributed by atoms with Crippen LogP contribution in [0.25, 0.3) is 17.2 Å². The van der Waals surface area contributed by atoms with E-state index >= 15 is 0 Å². The third kappa shape index (κ3) is 5.90. The van der Waals surface area contributed by atoms with Gasteiger partial charge >= 0.3 is 265 Å². The molecule has 2 unspecified atom stereocenters. The van der Waals surface area contributed by atoms with Gasteiger partial charge in [-0.05, 0) is 0 Å². The summed E-state index contributed by atoms with van der Waals surface area (Å²) in [6.45, 7) is 21.3. The Morgan fingerprint density at radius 3 is 2.04 bits per heavy atom. The molecule has 0 saturated carbocycles. The van der Waals surface area contributed by atoms with Crippen LogP contribution in [0.3, 0.4) is 0 Å². The Balaban J connectivity index is 0.00000230. The van der Waals surface area contributed by atoms with E-state index in [4.69, 9.17) is 0 Å². The van der Waals surface area contributed by atoms with Crippen molar-refractivity contribution in [3.63, 3.8) is 0 Å². The Morgan fingerprint density at radius 2 is 1.47 bits per heavy atom. The molecule has 0 spiro atoms. The molecule has 1 aliphatic heterocycles. The molecule has 5 heteroatoms. The fourth-order valence-corrected chi connectivity index (χ4v) is 27.5. The van der Waals surface area contributed by atoms with Crippen LogP contribution in [-0.2, 0) is 22.8 Å². The van der Waals surface area contributed by atoms with Crippen molar-refractivity contribution in [2.45, 2.75) is 79.7 Å². The second-order valence-electron chi connectivity index (χ2n) is 15.8. The van der Waals surface area contributed by atoms with Gasteiger partial charge in [0.15, 0.2) is 0 Å². The van der Waals surface area contributed by atoms with Crippen LogP contribution in [0, 0.1) is 12.8 Å². The van der Waals surface area contributed by atoms with Crippen LogP contribution >= 0.6 is 24.8 Å². The topological polar surface area (TPSA) is 3.24 Å². The van der Waals surface area contributed by atoms with Crippen molar-refractivity contribution in [2.24, 2.45) is 5.92 Å². The number of halogens is 2. The zero-order valence-corrected chi connectivity index (χ0v) is 34.3. The minimum absolute atomic E-state index is 0. The molecule has 6 rings (SSSR count). The summed E-state index contributed by atoms with van der Waals surface area (Å²) in [4.78, 5) is 2.59. The SMILES string of the molecule is CC1=Cc2c(-c3ccccc3)ccc(C)c2[CH]1[Zr]([CH3])([CH3])(=[SiH2])[C]1=C(C(C)C)C=C2C1=CC(C)N2c1ccc(C(C)(C)C)cc1.Cl.Cl. The van der Waals surface area contributed by atoms with Crippen molar-refractivity contribution in [3.05, 3.63) is 127 Å². The molecule has 3 aromatic rings. The third-order valence-corrected chi connectivity index (χ3v) is 26.6. The summed E-state index contributed by atoms with van der Waals surface area (Å²) in [7, 11) is 0. The molecule has 0 aromatic heterocycles. The largest absolute Gasteiger partial charge is 0.147 e. The molecule has 45 heavy (non-hydrogen) atoms. The van der Waals surface area contributed by atoms with Gasteiger partial charge in [-0.1, -0.05) is 0 Å². The number of anilines is 1. The molecule has 0 saturated heterocycles. The van der Waals surface area contributed by atoms with Gasteiger partial charge in [-0.3, -0.25) is 0 Å². The van der Waals surface area contributed by atoms with E-state index < -0.39 is 17.4 Å². The van der Waals surface area contributed by atoms with Crippen molar-refractivity contribution in [2.75, 3.05) is 4.90 Å². The standard InChI is InChI=1S/C21H26N.C17H15.2CH3.2ClH.H2Si.Zr/c1-14(2)16-12-17-11-15(3)22(20(17)13-16)19-9-7-18(8-10-19)21(4,5)6;1-12-10-16-13(2)8-9-15(17(16)11-12)14-6-4-3-5-7-14;;;;;;/h7-11,13-15H,1-6H3;3-11H,1-2H3;2*1H3;2*1H;1H2;. The summed E-state index contributed by atoms with van der Waals surface area (Å²) >= 11 is -3.74. The second kappa shape index (κ2) is 12.3. The number of nitrogens with zero attached hydrogens (tertiary/aromatic N) is 1. The van der Waals surface area contributed by atoms with Gasteiger partial charge in [0, 0.05) is 0 Å². The Kier molecular flexibility index (Phi) is 9.81. The molecule has 0 fully saturated rings. The number of benzene rings is 3. The molecule has 1 nitrogen and oxygen atoms in total. The average Bonchev–Trinajstić information content (AvgIpc) is 3.58. The van der Waals surface area contributed by atoms with Crippen molar-refractivity contribution < 1.29 is 17.4 Å². The predicted octanol–water partition coefficient (Wildman–Crippen LogP) is 11.2. The van der Waals surface area contributed by atoms with Crippen molar-refractivity contribution >= 4 is 43.5 Å². The smallest absolute Gasteiger partial charge is 0.147 e. The summed E-state index contributed by atoms with van der Waals surface area (Å²) in [5.41, 5.74) is 16.1. The molecule has 0 N–H and O–H groups in total. The number of allylic oxidation sites excluding steroid dienone is 4. The van der Waals surface area contributed by atoms with Crippen LogP contribution in [0.2, 0.25) is 9.26 Å². The maximum atomic E-state index is 2.74. The van der Waals surface area contributed by atoms with Gasteiger partial charge in [0.05, 0.1) is 0 Å². The molecular formula is C40H51Cl2NSiZr. The molecule has 0 radical (unpaired) electrons. The monoisotopic (exact) mass is 733 g/mol. The first-order valence-corrected chi connectivity index (χ1v) is 29.6. The maximum absolute atomic E-state index is 3.74. The molecule has 2 atom stereocenters. The van der Waals surface area contributed by atoms with Gasteiger partial charge in [0.1, 0.15) is 0 Å². The fraction of sp³-hybridized carbons (Fsp3) is 0.350. The van der Waals surface area contributed by atoms with Crippen LogP contribution in [-0.4, -0.2) is 12.9 Å². The minimum Gasteiger partial charge on any atom is -0.147 e. The zero-order chi connectivity index (χ0) is 31.1. The first kappa shape index (κ1) is 35.9. The van der Waals surface area contributed by atoms with E-state index in [1.807, 2.05) is 0 Å². The maximum Gasteiger partial charge on any atom is -0.147 e. The summed E-state index contributed by atoms with van der Waals surface area (Å²) in [6, 6.07) is 25.4. The van der Waals surface area contributed by atoms with Crippen LogP contribution in [0.1, 0.15) is 74.3 Å². The summed E-state index contributed by atoms with van der Waals surface area (Å²) in [5.74, 6) is 0.480. The molecule has 238 valence electrons. The Labute approximate surface area is 287 Å². The average molecular weight is 736 g/mol. The first-order valence-electron chi connectivity index (χ1n) is 16.1. The molecular weight excluding hydrogens is 685 g/mol. The van der Waals surface area contributed by atoms with Crippen molar-refractivity contribution in [1.29, 1.82) is 0 Å². The van der Waals surface area contributed by atoms with Gasteiger partial charge in [-0.15, -0.1) is 24.8 Å². The van der Waals surface area contributed by atoms with E-state index in [0.29, 0.717) is 15.6 Å². The second-order valence-corrected chi connectivity index (χ2v) is 45.1. The summed E-state index contributed by atoms with van der Waals surface area (Å²) in [5, 5.41) is 0. The van der Waals surface area contributed by atoms with E-state index in [2.05, 4.69) is 161 Å². The van der Waals surface area contributed by atoms with E-state index in [1.54, 1.807) is 20.0 Å². The Bertz CT molecular complexity index is 1830. The molecule has 3 aliphatic rings. The first-order chi connectivity index (χ1) is 20.1. The summed E-state index contributed by atoms with van der Waals surface area (Å²) < 4.78 is 7.71. The van der Waals surface area contributed by atoms with Crippen molar-refractivity contribution in [1.82, 2.24) is 0 Å². The predicted molar refractivity (Wildman–Crippen MR) is 203 cm³/mol. The van der Waals surface area contributed by atoms with Crippen LogP contribution in [0.15, 0.2) is 105 Å². The van der Waals surface area contributed by atoms with E-state index in [0.717, 1.165) is 0 Å². The molecule has 0 bridgehead atoms. The summed E-state index contributed by atoms with van der Waals surface area (Å²) in [6.07, 6.45) is 7.70. The number of hydrogen-bond acceptors (Lipinski definition) is 1. The van der Waals surface area contributed by atoms with Crippen LogP contribution in [0.5, 0.6) is 0 Å². The van der Waals surface area contributed by atoms with Crippen LogP contribution < -0.4 is 4.90 Å². The van der Waals surface area contributed by atoms with E-state index in [1.165, 1.54) is 44.8 Å². The number of aryl methyl sites for hydroxylation is 1. The van der Waals surface area contributed by atoms with Gasteiger partial charge in [0.25, 0.3) is 0 Å². The van der Waals surface area contributed by atoms with Gasteiger partial charge in [-0.25, -0.2) is 0 Å². The molecule has 0 amide bonds. The fourth-order valence-electron chi connectivity index (χ4n) is 8.38. The third-order valence-electron chi connectivity index (χ3n) is 10.3. The van der Waals surface area contributed by atoms with Crippen LogP contribution in [0.4, 0.5) is 5.69 Å². The normalized spacial score (nSPS) is 19.5. The Hall–Kier alpha value is -1.90. The quantitative estimate of drug-likeness (QED) is 0.236. The molecule has 2 aliphatic carbocycles. The van der Waals surface area contributed by atoms with E-state index in [9.17, 15) is 0 Å². The van der Waals surface area contributed by atoms with Gasteiger partial charge < -0.3 is 0 Å². The van der Waals surface area contributed by atoms with Gasteiger partial charge in [-0.2, -0.15) is 0 Å². The zero-order valence-electron chi connectivity index (χ0n) is 28.8. The molecule has 1 heterocycles. The number of fused-ring (bicyclic) bond motifs is 2. The number of rotatable bonds is 5. The Morgan fingerprint density at radius 1 is 0.844 bits per heavy atom. The minimum atomic E-state index is -3.74.